The molecule has 114 valence electrons. The Morgan fingerprint density at radius 3 is 3.05 bits per heavy atom. The molecule has 2 aliphatic rings. The number of nitrogens with zero attached hydrogens (tertiary/aromatic N) is 1. The van der Waals surface area contributed by atoms with E-state index in [1.807, 2.05) is 18.2 Å². The van der Waals surface area contributed by atoms with Gasteiger partial charge in [0.25, 0.3) is 5.91 Å². The van der Waals surface area contributed by atoms with Crippen LogP contribution in [-0.2, 0) is 13.0 Å². The minimum absolute atomic E-state index is 0.0529. The number of piperidine rings is 1. The Kier molecular flexibility index (Phi) is 3.97. The van der Waals surface area contributed by atoms with E-state index in [4.69, 9.17) is 0 Å². The number of rotatable bonds is 2. The van der Waals surface area contributed by atoms with Crippen molar-refractivity contribution in [3.05, 3.63) is 34.9 Å². The summed E-state index contributed by atoms with van der Waals surface area (Å²) < 4.78 is 0. The summed E-state index contributed by atoms with van der Waals surface area (Å²) in [5, 5.41) is 22.8. The van der Waals surface area contributed by atoms with Gasteiger partial charge in [-0.1, -0.05) is 6.07 Å². The summed E-state index contributed by atoms with van der Waals surface area (Å²) in [6.45, 7) is 2.35. The fourth-order valence-electron chi connectivity index (χ4n) is 3.21. The molecule has 21 heavy (non-hydrogen) atoms. The van der Waals surface area contributed by atoms with Gasteiger partial charge in [-0.2, -0.15) is 0 Å². The molecule has 0 spiro atoms. The molecule has 0 aromatic heterocycles. The van der Waals surface area contributed by atoms with Crippen LogP contribution in [0, 0.1) is 0 Å². The summed E-state index contributed by atoms with van der Waals surface area (Å²) in [5.74, 6) is -0.0529. The molecule has 2 aliphatic heterocycles. The van der Waals surface area contributed by atoms with E-state index >= 15 is 0 Å². The van der Waals surface area contributed by atoms with Gasteiger partial charge in [-0.3, -0.25) is 4.79 Å². The van der Waals surface area contributed by atoms with Crippen molar-refractivity contribution in [2.75, 3.05) is 26.2 Å². The Hall–Kier alpha value is -1.43. The number of benzene rings is 1. The van der Waals surface area contributed by atoms with Gasteiger partial charge in [-0.15, -0.1) is 0 Å². The lowest BCUT2D eigenvalue weighted by atomic mass is 9.92. The molecule has 1 unspecified atom stereocenters. The molecule has 2 heterocycles. The Balaban J connectivity index is 1.78. The number of aliphatic hydroxyl groups is 2. The molecule has 1 atom stereocenters. The van der Waals surface area contributed by atoms with Crippen LogP contribution in [-0.4, -0.2) is 52.9 Å². The summed E-state index contributed by atoms with van der Waals surface area (Å²) >= 11 is 0. The maximum absolute atomic E-state index is 12.6. The van der Waals surface area contributed by atoms with Gasteiger partial charge in [-0.05, 0) is 49.1 Å². The molecule has 0 radical (unpaired) electrons. The third kappa shape index (κ3) is 2.95. The van der Waals surface area contributed by atoms with Crippen molar-refractivity contribution in [1.82, 2.24) is 10.2 Å². The second-order valence-corrected chi connectivity index (χ2v) is 6.12. The van der Waals surface area contributed by atoms with Gasteiger partial charge in [-0.25, -0.2) is 0 Å². The predicted molar refractivity (Wildman–Crippen MR) is 79.0 cm³/mol. The highest BCUT2D eigenvalue weighted by Gasteiger charge is 2.35. The summed E-state index contributed by atoms with van der Waals surface area (Å²) in [6.07, 6.45) is 2.21. The van der Waals surface area contributed by atoms with Crippen LogP contribution in [0.3, 0.4) is 0 Å². The predicted octanol–water partition coefficient (Wildman–Crippen LogP) is 0.292. The molecular formula is C16H22N2O3. The molecule has 5 nitrogen and oxygen atoms in total. The molecule has 0 bridgehead atoms. The molecule has 0 saturated carbocycles. The highest BCUT2D eigenvalue weighted by molar-refractivity contribution is 5.94. The van der Waals surface area contributed by atoms with Gasteiger partial charge >= 0.3 is 0 Å². The summed E-state index contributed by atoms with van der Waals surface area (Å²) in [7, 11) is 0. The number of hydrogen-bond donors (Lipinski definition) is 3. The smallest absolute Gasteiger partial charge is 0.253 e. The van der Waals surface area contributed by atoms with Crippen molar-refractivity contribution in [3.63, 3.8) is 0 Å². The molecule has 0 aliphatic carbocycles. The third-order valence-corrected chi connectivity index (χ3v) is 4.48. The minimum Gasteiger partial charge on any atom is -0.393 e. The molecule has 3 rings (SSSR count). The van der Waals surface area contributed by atoms with Crippen LogP contribution in [0.5, 0.6) is 0 Å². The first-order valence-corrected chi connectivity index (χ1v) is 7.56. The Bertz CT molecular complexity index is 546. The fourth-order valence-corrected chi connectivity index (χ4v) is 3.21. The van der Waals surface area contributed by atoms with Crippen molar-refractivity contribution in [1.29, 1.82) is 0 Å². The van der Waals surface area contributed by atoms with E-state index in [9.17, 15) is 15.0 Å². The minimum atomic E-state index is -1.15. The maximum atomic E-state index is 12.6. The van der Waals surface area contributed by atoms with Crippen molar-refractivity contribution < 1.29 is 15.0 Å². The van der Waals surface area contributed by atoms with E-state index in [1.54, 1.807) is 4.90 Å². The molecule has 1 aromatic rings. The Morgan fingerprint density at radius 1 is 1.38 bits per heavy atom. The lowest BCUT2D eigenvalue weighted by Gasteiger charge is -2.38. The van der Waals surface area contributed by atoms with Crippen molar-refractivity contribution in [2.24, 2.45) is 0 Å². The number of amides is 1. The largest absolute Gasteiger partial charge is 0.393 e. The van der Waals surface area contributed by atoms with E-state index in [0.29, 0.717) is 18.5 Å². The first-order chi connectivity index (χ1) is 10.1. The fraction of sp³-hybridized carbons (Fsp3) is 0.562. The normalized spacial score (nSPS) is 25.5. The quantitative estimate of drug-likeness (QED) is 0.732. The highest BCUT2D eigenvalue weighted by atomic mass is 16.3. The number of β-amino-alcohol motifs (C(OH)–C–C–N with tert-alkyl or cyclic N) is 1. The summed E-state index contributed by atoms with van der Waals surface area (Å²) in [6, 6.07) is 5.85. The van der Waals surface area contributed by atoms with Gasteiger partial charge in [0.15, 0.2) is 0 Å². The van der Waals surface area contributed by atoms with E-state index in [-0.39, 0.29) is 19.1 Å². The lowest BCUT2D eigenvalue weighted by Crippen LogP contribution is -2.52. The number of likely N-dealkylation sites (tertiary alicyclic amines) is 1. The lowest BCUT2D eigenvalue weighted by molar-refractivity contribution is -0.0598. The van der Waals surface area contributed by atoms with E-state index in [0.717, 1.165) is 25.9 Å². The SMILES string of the molecule is O=C(c1ccc2c(c1)CCNC2)N1CCCC(O)(CO)C1. The van der Waals surface area contributed by atoms with Crippen molar-refractivity contribution in [2.45, 2.75) is 31.4 Å². The molecule has 1 aromatic carbocycles. The zero-order valence-electron chi connectivity index (χ0n) is 12.1. The topological polar surface area (TPSA) is 72.8 Å². The highest BCUT2D eigenvalue weighted by Crippen LogP contribution is 2.23. The number of carbonyl (C=O) groups is 1. The van der Waals surface area contributed by atoms with Gasteiger partial charge in [0.05, 0.1) is 13.2 Å². The maximum Gasteiger partial charge on any atom is 0.253 e. The zero-order chi connectivity index (χ0) is 14.9. The second-order valence-electron chi connectivity index (χ2n) is 6.12. The third-order valence-electron chi connectivity index (χ3n) is 4.48. The van der Waals surface area contributed by atoms with Crippen LogP contribution in [0.25, 0.3) is 0 Å². The molecule has 5 heteroatoms. The van der Waals surface area contributed by atoms with Gasteiger partial charge in [0.2, 0.25) is 0 Å². The van der Waals surface area contributed by atoms with Gasteiger partial charge in [0.1, 0.15) is 5.60 Å². The average Bonchev–Trinajstić information content (AvgIpc) is 2.54. The van der Waals surface area contributed by atoms with E-state index < -0.39 is 5.60 Å². The monoisotopic (exact) mass is 290 g/mol. The van der Waals surface area contributed by atoms with Crippen LogP contribution in [0.2, 0.25) is 0 Å². The van der Waals surface area contributed by atoms with Crippen LogP contribution in [0.4, 0.5) is 0 Å². The number of hydrogen-bond acceptors (Lipinski definition) is 4. The first kappa shape index (κ1) is 14.5. The molecule has 1 amide bonds. The van der Waals surface area contributed by atoms with E-state index in [2.05, 4.69) is 5.32 Å². The second kappa shape index (κ2) is 5.75. The van der Waals surface area contributed by atoms with Crippen LogP contribution < -0.4 is 5.32 Å². The standard InChI is InChI=1S/C16H22N2O3/c19-11-16(21)5-1-7-18(10-16)15(20)13-2-3-14-9-17-6-4-12(14)8-13/h2-3,8,17,19,21H,1,4-7,9-11H2. The van der Waals surface area contributed by atoms with Crippen molar-refractivity contribution in [3.8, 4) is 0 Å². The molecular weight excluding hydrogens is 268 g/mol. The van der Waals surface area contributed by atoms with Gasteiger partial charge < -0.3 is 20.4 Å². The molecule has 3 N–H and O–H groups in total. The van der Waals surface area contributed by atoms with Crippen LogP contribution >= 0.6 is 0 Å². The first-order valence-electron chi connectivity index (χ1n) is 7.56. The number of nitrogens with one attached hydrogen (secondary N) is 1. The van der Waals surface area contributed by atoms with Crippen molar-refractivity contribution >= 4 is 5.91 Å². The number of fused-ring (bicyclic) bond motifs is 1. The van der Waals surface area contributed by atoms with E-state index in [1.165, 1.54) is 11.1 Å². The zero-order valence-corrected chi connectivity index (χ0v) is 12.1. The number of carbonyl (C=O) groups excluding carboxylic acids is 1. The van der Waals surface area contributed by atoms with Crippen LogP contribution in [0.1, 0.15) is 34.3 Å². The molecule has 1 fully saturated rings. The van der Waals surface area contributed by atoms with Crippen LogP contribution in [0.15, 0.2) is 18.2 Å². The average molecular weight is 290 g/mol. The summed E-state index contributed by atoms with van der Waals surface area (Å²) in [5.41, 5.74) is 2.02. The summed E-state index contributed by atoms with van der Waals surface area (Å²) in [4.78, 5) is 14.3. The number of aliphatic hydroxyl groups excluding tert-OH is 1. The Labute approximate surface area is 124 Å². The Morgan fingerprint density at radius 2 is 2.24 bits per heavy atom. The van der Waals surface area contributed by atoms with Gasteiger partial charge in [0, 0.05) is 18.7 Å². The molecule has 1 saturated heterocycles.